The first kappa shape index (κ1) is 15.7. The van der Waals surface area contributed by atoms with Crippen molar-refractivity contribution in [1.82, 2.24) is 5.32 Å². The Hall–Kier alpha value is -2.64. The lowest BCUT2D eigenvalue weighted by molar-refractivity contribution is -0.384. The highest BCUT2D eigenvalue weighted by molar-refractivity contribution is 5.97. The highest BCUT2D eigenvalue weighted by atomic mass is 16.6. The van der Waals surface area contributed by atoms with Crippen LogP contribution in [0.4, 0.5) is 11.4 Å². The maximum atomic E-state index is 12.0. The van der Waals surface area contributed by atoms with Gasteiger partial charge in [-0.3, -0.25) is 14.9 Å². The van der Waals surface area contributed by atoms with Crippen LogP contribution in [0.25, 0.3) is 0 Å². The predicted molar refractivity (Wildman–Crippen MR) is 78.7 cm³/mol. The van der Waals surface area contributed by atoms with Crippen LogP contribution in [0, 0.1) is 10.1 Å². The average Bonchev–Trinajstić information content (AvgIpc) is 3.30. The van der Waals surface area contributed by atoms with Gasteiger partial charge in [0.15, 0.2) is 0 Å². The van der Waals surface area contributed by atoms with Crippen LogP contribution in [0.3, 0.4) is 0 Å². The number of hydrogen-bond donors (Lipinski definition) is 2. The van der Waals surface area contributed by atoms with E-state index < -0.39 is 22.8 Å². The third-order valence-electron chi connectivity index (χ3n) is 3.30. The number of ether oxygens (including phenoxy) is 1. The number of hydrogen-bond acceptors (Lipinski definition) is 6. The number of nitrogens with one attached hydrogen (secondary N) is 2. The Morgan fingerprint density at radius 2 is 2.09 bits per heavy atom. The summed E-state index contributed by atoms with van der Waals surface area (Å²) in [5.41, 5.74) is 0.346. The Kier molecular flexibility index (Phi) is 4.59. The zero-order valence-corrected chi connectivity index (χ0v) is 12.3. The molecule has 1 atom stereocenters. The van der Waals surface area contributed by atoms with Crippen molar-refractivity contribution in [1.29, 1.82) is 0 Å². The van der Waals surface area contributed by atoms with Crippen LogP contribution in [0.15, 0.2) is 18.2 Å². The minimum Gasteiger partial charge on any atom is -0.467 e. The Morgan fingerprint density at radius 1 is 1.41 bits per heavy atom. The third kappa shape index (κ3) is 3.72. The van der Waals surface area contributed by atoms with Crippen molar-refractivity contribution in [3.63, 3.8) is 0 Å². The summed E-state index contributed by atoms with van der Waals surface area (Å²) >= 11 is 0. The summed E-state index contributed by atoms with van der Waals surface area (Å²) in [7, 11) is 1.22. The lowest BCUT2D eigenvalue weighted by atomic mass is 10.1. The van der Waals surface area contributed by atoms with Crippen molar-refractivity contribution in [2.75, 3.05) is 12.4 Å². The molecule has 0 spiro atoms. The Labute approximate surface area is 127 Å². The highest BCUT2D eigenvalue weighted by Crippen LogP contribution is 2.31. The third-order valence-corrected chi connectivity index (χ3v) is 3.30. The quantitative estimate of drug-likeness (QED) is 0.467. The zero-order valence-electron chi connectivity index (χ0n) is 12.3. The minimum absolute atomic E-state index is 0.115. The van der Waals surface area contributed by atoms with Crippen molar-refractivity contribution in [3.05, 3.63) is 33.9 Å². The summed E-state index contributed by atoms with van der Waals surface area (Å²) in [6.45, 7) is 1.47. The number of nitrogens with zero attached hydrogens (tertiary/aromatic N) is 1. The molecule has 0 unspecified atom stereocenters. The van der Waals surface area contributed by atoms with Crippen LogP contribution >= 0.6 is 0 Å². The summed E-state index contributed by atoms with van der Waals surface area (Å²) in [5.74, 6) is -1.16. The van der Waals surface area contributed by atoms with E-state index in [0.29, 0.717) is 5.69 Å². The molecule has 0 saturated heterocycles. The van der Waals surface area contributed by atoms with Gasteiger partial charge in [0, 0.05) is 17.7 Å². The molecule has 1 aliphatic rings. The number of carbonyl (C=O) groups excluding carboxylic acids is 2. The summed E-state index contributed by atoms with van der Waals surface area (Å²) in [5, 5.41) is 16.6. The number of rotatable bonds is 6. The van der Waals surface area contributed by atoms with Crippen molar-refractivity contribution in [3.8, 4) is 0 Å². The molecule has 0 bridgehead atoms. The van der Waals surface area contributed by atoms with Crippen molar-refractivity contribution in [2.24, 2.45) is 0 Å². The summed E-state index contributed by atoms with van der Waals surface area (Å²) in [6, 6.07) is 3.62. The molecular formula is C14H17N3O5. The van der Waals surface area contributed by atoms with Crippen LogP contribution in [-0.4, -0.2) is 36.0 Å². The molecule has 1 fully saturated rings. The minimum atomic E-state index is -0.833. The van der Waals surface area contributed by atoms with E-state index in [1.807, 2.05) is 0 Å². The van der Waals surface area contributed by atoms with E-state index in [1.54, 1.807) is 0 Å². The molecule has 8 heteroatoms. The number of nitro benzene ring substituents is 1. The molecule has 1 saturated carbocycles. The largest absolute Gasteiger partial charge is 0.467 e. The number of amides is 1. The Balaban J connectivity index is 2.16. The van der Waals surface area contributed by atoms with Gasteiger partial charge in [0.25, 0.3) is 11.6 Å². The second-order valence-electron chi connectivity index (χ2n) is 5.13. The fraction of sp³-hybridized carbons (Fsp3) is 0.429. The smallest absolute Gasteiger partial charge is 0.328 e. The maximum Gasteiger partial charge on any atom is 0.328 e. The average molecular weight is 307 g/mol. The lowest BCUT2D eigenvalue weighted by Crippen LogP contribution is -2.39. The second kappa shape index (κ2) is 6.42. The van der Waals surface area contributed by atoms with Crippen molar-refractivity contribution in [2.45, 2.75) is 31.8 Å². The van der Waals surface area contributed by atoms with E-state index in [0.717, 1.165) is 12.8 Å². The number of carbonyl (C=O) groups is 2. The standard InChI is InChI=1S/C14H17N3O5/c1-8(14(19)22-2)15-13(18)9-3-6-11(16-10-4-5-10)12(7-9)17(20)21/h3,6-8,10,16H,4-5H2,1-2H3,(H,15,18)/t8-/m0/s1. The van der Waals surface area contributed by atoms with Gasteiger partial charge in [-0.2, -0.15) is 0 Å². The number of methoxy groups -OCH3 is 1. The van der Waals surface area contributed by atoms with Gasteiger partial charge in [0.05, 0.1) is 12.0 Å². The van der Waals surface area contributed by atoms with Crippen molar-refractivity contribution >= 4 is 23.3 Å². The summed E-state index contributed by atoms with van der Waals surface area (Å²) in [6.07, 6.45) is 1.96. The maximum absolute atomic E-state index is 12.0. The van der Waals surface area contributed by atoms with E-state index in [4.69, 9.17) is 0 Å². The van der Waals surface area contributed by atoms with Crippen LogP contribution < -0.4 is 10.6 Å². The van der Waals surface area contributed by atoms with E-state index in [9.17, 15) is 19.7 Å². The number of benzene rings is 1. The fourth-order valence-electron chi connectivity index (χ4n) is 1.91. The topological polar surface area (TPSA) is 111 Å². The van der Waals surface area contributed by atoms with Gasteiger partial charge in [0.2, 0.25) is 0 Å². The Morgan fingerprint density at radius 3 is 2.64 bits per heavy atom. The molecule has 8 nitrogen and oxygen atoms in total. The number of anilines is 1. The van der Waals surface area contributed by atoms with Gasteiger partial charge in [-0.25, -0.2) is 4.79 Å². The first-order valence-corrected chi connectivity index (χ1v) is 6.86. The fourth-order valence-corrected chi connectivity index (χ4v) is 1.91. The molecule has 1 aromatic carbocycles. The van der Waals surface area contributed by atoms with Gasteiger partial charge in [-0.15, -0.1) is 0 Å². The van der Waals surface area contributed by atoms with Gasteiger partial charge >= 0.3 is 5.97 Å². The normalized spacial score (nSPS) is 14.8. The van der Waals surface area contributed by atoms with E-state index in [-0.39, 0.29) is 17.3 Å². The molecule has 1 aliphatic carbocycles. The predicted octanol–water partition coefficient (Wildman–Crippen LogP) is 1.46. The first-order valence-electron chi connectivity index (χ1n) is 6.86. The summed E-state index contributed by atoms with van der Waals surface area (Å²) in [4.78, 5) is 33.9. The van der Waals surface area contributed by atoms with Gasteiger partial charge < -0.3 is 15.4 Å². The van der Waals surface area contributed by atoms with Crippen LogP contribution in [0.2, 0.25) is 0 Å². The van der Waals surface area contributed by atoms with Crippen LogP contribution in [0.5, 0.6) is 0 Å². The van der Waals surface area contributed by atoms with E-state index in [2.05, 4.69) is 15.4 Å². The second-order valence-corrected chi connectivity index (χ2v) is 5.13. The molecule has 0 aliphatic heterocycles. The molecule has 1 aromatic rings. The van der Waals surface area contributed by atoms with Gasteiger partial charge in [-0.05, 0) is 31.9 Å². The van der Waals surface area contributed by atoms with Crippen LogP contribution in [0.1, 0.15) is 30.1 Å². The van der Waals surface area contributed by atoms with Crippen LogP contribution in [-0.2, 0) is 9.53 Å². The molecule has 0 radical (unpaired) electrons. The monoisotopic (exact) mass is 307 g/mol. The van der Waals surface area contributed by atoms with E-state index >= 15 is 0 Å². The lowest BCUT2D eigenvalue weighted by Gasteiger charge is -2.12. The van der Waals surface area contributed by atoms with Gasteiger partial charge in [0.1, 0.15) is 11.7 Å². The molecule has 0 heterocycles. The number of esters is 1. The molecule has 0 aromatic heterocycles. The zero-order chi connectivity index (χ0) is 16.3. The molecule has 22 heavy (non-hydrogen) atoms. The molecule has 1 amide bonds. The van der Waals surface area contributed by atoms with E-state index in [1.165, 1.54) is 32.2 Å². The molecule has 118 valence electrons. The first-order chi connectivity index (χ1) is 10.4. The molecular weight excluding hydrogens is 290 g/mol. The molecule has 2 rings (SSSR count). The highest BCUT2D eigenvalue weighted by Gasteiger charge is 2.26. The SMILES string of the molecule is COC(=O)[C@H](C)NC(=O)c1ccc(NC2CC2)c([N+](=O)[O-])c1. The Bertz CT molecular complexity index is 612. The van der Waals surface area contributed by atoms with Gasteiger partial charge in [-0.1, -0.05) is 0 Å². The summed E-state index contributed by atoms with van der Waals surface area (Å²) < 4.78 is 4.51. The molecule has 2 N–H and O–H groups in total. The van der Waals surface area contributed by atoms with Crippen molar-refractivity contribution < 1.29 is 19.2 Å². The number of nitro groups is 1.